The Bertz CT molecular complexity index is 1590. The van der Waals surface area contributed by atoms with Gasteiger partial charge >= 0.3 is 0 Å². The van der Waals surface area contributed by atoms with Crippen molar-refractivity contribution in [2.75, 3.05) is 26.4 Å². The number of benzene rings is 4. The summed E-state index contributed by atoms with van der Waals surface area (Å²) in [7, 11) is 0. The molecule has 0 saturated carbocycles. The summed E-state index contributed by atoms with van der Waals surface area (Å²) in [6.07, 6.45) is 18.1. The van der Waals surface area contributed by atoms with E-state index in [4.69, 9.17) is 18.9 Å². The fraction of sp³-hybridized carbons (Fsp3) is 0.500. The highest BCUT2D eigenvalue weighted by molar-refractivity contribution is 9.11. The van der Waals surface area contributed by atoms with E-state index in [1.54, 1.807) is 47.0 Å². The predicted octanol–water partition coefficient (Wildman–Crippen LogP) is 19.5. The van der Waals surface area contributed by atoms with Gasteiger partial charge in [-0.2, -0.15) is 0 Å². The molecule has 0 N–H and O–H groups in total. The first-order valence-electron chi connectivity index (χ1n) is 21.8. The van der Waals surface area contributed by atoms with E-state index in [0.717, 1.165) is 131 Å². The van der Waals surface area contributed by atoms with Crippen molar-refractivity contribution in [2.24, 2.45) is 0 Å². The van der Waals surface area contributed by atoms with Crippen LogP contribution in [0.5, 0.6) is 23.0 Å². The Hall–Kier alpha value is -0.600. The fourth-order valence-electron chi connectivity index (χ4n) is 6.64. The Morgan fingerprint density at radius 3 is 0.650 bits per heavy atom. The molecule has 0 aromatic heterocycles. The number of hydrogen-bond acceptors (Lipinski definition) is 8. The van der Waals surface area contributed by atoms with Crippen LogP contribution >= 0.6 is 111 Å². The molecular weight excluding hydrogens is 1090 g/mol. The molecule has 328 valence electrons. The number of ether oxygens (including phenoxy) is 4. The highest BCUT2D eigenvalue weighted by Crippen LogP contribution is 2.55. The number of fused-ring (bicyclic) bond motifs is 8. The summed E-state index contributed by atoms with van der Waals surface area (Å²) in [6.45, 7) is 11.6. The van der Waals surface area contributed by atoms with Gasteiger partial charge in [0.25, 0.3) is 0 Å². The van der Waals surface area contributed by atoms with Crippen molar-refractivity contribution in [3.63, 3.8) is 0 Å². The summed E-state index contributed by atoms with van der Waals surface area (Å²) >= 11 is 22.5. The second-order valence-corrected chi connectivity index (χ2v) is 23.0. The Morgan fingerprint density at radius 1 is 0.300 bits per heavy atom. The number of halogens is 4. The maximum absolute atomic E-state index is 6.88. The lowest BCUT2D eigenvalue weighted by molar-refractivity contribution is 0.288. The molecule has 1 aliphatic rings. The average molecular weight is 1150 g/mol. The van der Waals surface area contributed by atoms with Crippen LogP contribution in [0.25, 0.3) is 0 Å². The third-order valence-electron chi connectivity index (χ3n) is 9.80. The highest BCUT2D eigenvalue weighted by Gasteiger charge is 2.25. The van der Waals surface area contributed by atoms with Gasteiger partial charge in [0.2, 0.25) is 0 Å². The van der Waals surface area contributed by atoms with Crippen molar-refractivity contribution < 1.29 is 18.9 Å². The van der Waals surface area contributed by atoms with Crippen molar-refractivity contribution in [1.29, 1.82) is 0 Å². The summed E-state index contributed by atoms with van der Waals surface area (Å²) in [4.78, 5) is 8.27. The summed E-state index contributed by atoms with van der Waals surface area (Å²) in [5.74, 6) is 3.54. The van der Waals surface area contributed by atoms with E-state index in [2.05, 4.69) is 140 Å². The molecule has 0 radical (unpaired) electrons. The van der Waals surface area contributed by atoms with Crippen LogP contribution in [-0.2, 0) is 0 Å². The molecular formula is C48H60Br4O4S4. The Balaban J connectivity index is 1.73. The van der Waals surface area contributed by atoms with Crippen molar-refractivity contribution in [2.45, 2.75) is 170 Å². The maximum Gasteiger partial charge on any atom is 0.147 e. The van der Waals surface area contributed by atoms with Crippen molar-refractivity contribution in [3.8, 4) is 23.0 Å². The minimum absolute atomic E-state index is 0.647. The molecule has 4 aromatic rings. The third kappa shape index (κ3) is 15.8. The monoisotopic (exact) mass is 1140 g/mol. The summed E-state index contributed by atoms with van der Waals surface area (Å²) in [6, 6.07) is 17.5. The standard InChI is InChI=1S/C48H60Br4O4S4/c1-5-9-13-17-21-53-45-37-25-33(49)26-38(45)58-40-28-35(51)30-42(47(40)55-23-19-15-11-7-3)60-44-32-36(52)31-43(48(44)56-24-20-16-12-8-4)59-41-29-34(50)27-39(57-37)46(41)54-22-18-14-10-6-2/h25-32H,5-24H2,1-4H3. The highest BCUT2D eigenvalue weighted by atomic mass is 79.9. The summed E-state index contributed by atoms with van der Waals surface area (Å²) < 4.78 is 31.5. The predicted molar refractivity (Wildman–Crippen MR) is 272 cm³/mol. The molecule has 0 amide bonds. The Kier molecular flexibility index (Phi) is 23.2. The second kappa shape index (κ2) is 27.7. The van der Waals surface area contributed by atoms with E-state index in [-0.39, 0.29) is 0 Å². The van der Waals surface area contributed by atoms with E-state index in [0.29, 0.717) is 26.4 Å². The number of unbranched alkanes of at least 4 members (excludes halogenated alkanes) is 12. The van der Waals surface area contributed by atoms with E-state index in [1.165, 1.54) is 51.4 Å². The largest absolute Gasteiger partial charge is 0.491 e. The molecule has 4 nitrogen and oxygen atoms in total. The topological polar surface area (TPSA) is 36.9 Å². The molecule has 0 fully saturated rings. The van der Waals surface area contributed by atoms with Gasteiger partial charge in [-0.1, -0.05) is 216 Å². The van der Waals surface area contributed by atoms with Gasteiger partial charge in [-0.3, -0.25) is 0 Å². The van der Waals surface area contributed by atoms with Crippen LogP contribution < -0.4 is 18.9 Å². The molecule has 1 aliphatic heterocycles. The van der Waals surface area contributed by atoms with Gasteiger partial charge in [0.15, 0.2) is 0 Å². The minimum Gasteiger partial charge on any atom is -0.491 e. The average Bonchev–Trinajstić information content (AvgIpc) is 3.20. The Morgan fingerprint density at radius 2 is 0.483 bits per heavy atom. The van der Waals surface area contributed by atoms with Gasteiger partial charge in [0.05, 0.1) is 65.6 Å². The molecule has 8 bridgehead atoms. The SMILES string of the molecule is CCCCCCOc1c2cc(Br)cc1Sc1cc(Br)cc(c1OCCCCCC)Sc1cc(Br)cc(c1OCCCCCC)Sc1cc(Br)cc(c1OCCCCCC)S2. The first kappa shape index (κ1) is 50.4. The van der Waals surface area contributed by atoms with E-state index in [9.17, 15) is 0 Å². The van der Waals surface area contributed by atoms with Gasteiger partial charge in [0.1, 0.15) is 23.0 Å². The van der Waals surface area contributed by atoms with Crippen LogP contribution in [0.15, 0.2) is 106 Å². The van der Waals surface area contributed by atoms with Crippen molar-refractivity contribution >= 4 is 111 Å². The van der Waals surface area contributed by atoms with Crippen molar-refractivity contribution in [1.82, 2.24) is 0 Å². The number of rotatable bonds is 24. The van der Waals surface area contributed by atoms with Crippen LogP contribution in [0.2, 0.25) is 0 Å². The van der Waals surface area contributed by atoms with Crippen molar-refractivity contribution in [3.05, 3.63) is 66.4 Å². The Labute approximate surface area is 411 Å². The molecule has 0 unspecified atom stereocenters. The quantitative estimate of drug-likeness (QED) is 0.0566. The van der Waals surface area contributed by atoms with Crippen LogP contribution in [0.4, 0.5) is 0 Å². The molecule has 4 aromatic carbocycles. The first-order chi connectivity index (χ1) is 29.2. The van der Waals surface area contributed by atoms with Crippen LogP contribution in [0, 0.1) is 0 Å². The maximum atomic E-state index is 6.88. The van der Waals surface area contributed by atoms with Crippen LogP contribution in [0.3, 0.4) is 0 Å². The minimum atomic E-state index is 0.647. The molecule has 60 heavy (non-hydrogen) atoms. The molecule has 1 heterocycles. The second-order valence-electron chi connectivity index (χ2n) is 15.0. The summed E-state index contributed by atoms with van der Waals surface area (Å²) in [5, 5.41) is 0. The lowest BCUT2D eigenvalue weighted by Crippen LogP contribution is -2.04. The molecule has 0 saturated heterocycles. The van der Waals surface area contributed by atoms with E-state index < -0.39 is 0 Å². The zero-order valence-electron chi connectivity index (χ0n) is 35.5. The van der Waals surface area contributed by atoms with E-state index in [1.807, 2.05) is 0 Å². The lowest BCUT2D eigenvalue weighted by Gasteiger charge is -2.23. The normalized spacial score (nSPS) is 12.4. The van der Waals surface area contributed by atoms with E-state index >= 15 is 0 Å². The molecule has 5 rings (SSSR count). The van der Waals surface area contributed by atoms with Gasteiger partial charge in [-0.25, -0.2) is 0 Å². The van der Waals surface area contributed by atoms with Gasteiger partial charge in [-0.15, -0.1) is 0 Å². The van der Waals surface area contributed by atoms with Gasteiger partial charge in [0, 0.05) is 17.9 Å². The molecule has 0 atom stereocenters. The van der Waals surface area contributed by atoms with Gasteiger partial charge < -0.3 is 18.9 Å². The lowest BCUT2D eigenvalue weighted by atomic mass is 10.2. The molecule has 0 aliphatic carbocycles. The molecule has 12 heteroatoms. The zero-order chi connectivity index (χ0) is 42.7. The van der Waals surface area contributed by atoms with Gasteiger partial charge in [-0.05, 0) is 74.2 Å². The fourth-order valence-corrected chi connectivity index (χ4v) is 14.5. The zero-order valence-corrected chi connectivity index (χ0v) is 45.1. The number of hydrogen-bond donors (Lipinski definition) is 0. The van der Waals surface area contributed by atoms with Crippen LogP contribution in [0.1, 0.15) is 130 Å². The third-order valence-corrected chi connectivity index (χ3v) is 15.8. The smallest absolute Gasteiger partial charge is 0.147 e. The van der Waals surface area contributed by atoms with Crippen LogP contribution in [-0.4, -0.2) is 26.4 Å². The first-order valence-corrected chi connectivity index (χ1v) is 28.2. The summed E-state index contributed by atoms with van der Waals surface area (Å²) in [5.41, 5.74) is 0. The molecule has 0 spiro atoms.